The van der Waals surface area contributed by atoms with Gasteiger partial charge in [-0.2, -0.15) is 0 Å². The van der Waals surface area contributed by atoms with Crippen molar-refractivity contribution in [2.45, 2.75) is 19.9 Å². The lowest BCUT2D eigenvalue weighted by atomic mass is 10.2. The van der Waals surface area contributed by atoms with Gasteiger partial charge in [-0.3, -0.25) is 0 Å². The zero-order chi connectivity index (χ0) is 11.4. The van der Waals surface area contributed by atoms with E-state index < -0.39 is 0 Å². The van der Waals surface area contributed by atoms with Crippen LogP contribution in [-0.4, -0.2) is 13.7 Å². The van der Waals surface area contributed by atoms with Crippen LogP contribution >= 0.6 is 0 Å². The molecule has 1 aromatic heterocycles. The summed E-state index contributed by atoms with van der Waals surface area (Å²) in [6.07, 6.45) is 1.02. The van der Waals surface area contributed by atoms with Crippen molar-refractivity contribution in [3.8, 4) is 5.75 Å². The Morgan fingerprint density at radius 1 is 1.31 bits per heavy atom. The molecule has 3 heteroatoms. The zero-order valence-corrected chi connectivity index (χ0v) is 9.75. The zero-order valence-electron chi connectivity index (χ0n) is 9.75. The molecule has 0 aliphatic rings. The predicted molar refractivity (Wildman–Crippen MR) is 64.8 cm³/mol. The molecule has 0 unspecified atom stereocenters. The fraction of sp³-hybridized carbons (Fsp3) is 0.385. The minimum absolute atomic E-state index is 0.750. The van der Waals surface area contributed by atoms with E-state index in [9.17, 15) is 0 Å². The van der Waals surface area contributed by atoms with Gasteiger partial charge < -0.3 is 14.5 Å². The van der Waals surface area contributed by atoms with Gasteiger partial charge in [-0.05, 0) is 37.7 Å². The van der Waals surface area contributed by atoms with Crippen LogP contribution in [0, 0.1) is 0 Å². The van der Waals surface area contributed by atoms with Gasteiger partial charge in [-0.15, -0.1) is 0 Å². The Hall–Kier alpha value is -1.48. The van der Waals surface area contributed by atoms with E-state index in [2.05, 4.69) is 12.2 Å². The largest absolute Gasteiger partial charge is 0.494 e. The molecule has 2 rings (SSSR count). The van der Waals surface area contributed by atoms with Crippen molar-refractivity contribution in [2.75, 3.05) is 13.7 Å². The van der Waals surface area contributed by atoms with Gasteiger partial charge in [0.15, 0.2) is 0 Å². The number of nitrogens with one attached hydrogen (secondary N) is 1. The number of furan rings is 1. The average Bonchev–Trinajstić information content (AvgIpc) is 2.68. The Morgan fingerprint density at radius 2 is 2.19 bits per heavy atom. The monoisotopic (exact) mass is 219 g/mol. The second-order valence-corrected chi connectivity index (χ2v) is 3.79. The molecule has 0 atom stereocenters. The lowest BCUT2D eigenvalue weighted by Gasteiger charge is -2.02. The van der Waals surface area contributed by atoms with E-state index in [0.29, 0.717) is 0 Å². The lowest BCUT2D eigenvalue weighted by molar-refractivity contribution is 0.318. The summed E-state index contributed by atoms with van der Waals surface area (Å²) in [7, 11) is 1.91. The van der Waals surface area contributed by atoms with Crippen LogP contribution in [0.1, 0.15) is 19.1 Å². The molecule has 0 fully saturated rings. The Morgan fingerprint density at radius 3 is 2.94 bits per heavy atom. The van der Waals surface area contributed by atoms with Gasteiger partial charge in [0.2, 0.25) is 0 Å². The van der Waals surface area contributed by atoms with Gasteiger partial charge in [0, 0.05) is 5.39 Å². The Bertz CT molecular complexity index is 462. The van der Waals surface area contributed by atoms with Crippen molar-refractivity contribution in [1.29, 1.82) is 0 Å². The van der Waals surface area contributed by atoms with Crippen LogP contribution in [0.2, 0.25) is 0 Å². The van der Waals surface area contributed by atoms with Crippen LogP contribution < -0.4 is 10.1 Å². The summed E-state index contributed by atoms with van der Waals surface area (Å²) in [5.41, 5.74) is 0.911. The summed E-state index contributed by atoms with van der Waals surface area (Å²) in [4.78, 5) is 0. The second-order valence-electron chi connectivity index (χ2n) is 3.79. The molecule has 0 bridgehead atoms. The Kier molecular flexibility index (Phi) is 3.47. The summed E-state index contributed by atoms with van der Waals surface area (Å²) in [5, 5.41) is 4.17. The van der Waals surface area contributed by atoms with Crippen molar-refractivity contribution in [3.63, 3.8) is 0 Å². The summed E-state index contributed by atoms with van der Waals surface area (Å²) < 4.78 is 11.2. The number of fused-ring (bicyclic) bond motifs is 1. The van der Waals surface area contributed by atoms with Crippen LogP contribution in [0.25, 0.3) is 11.0 Å². The first-order valence-corrected chi connectivity index (χ1v) is 5.63. The maximum absolute atomic E-state index is 5.65. The first-order valence-electron chi connectivity index (χ1n) is 5.63. The van der Waals surface area contributed by atoms with Crippen LogP contribution in [0.15, 0.2) is 28.7 Å². The summed E-state index contributed by atoms with van der Waals surface area (Å²) in [6, 6.07) is 7.97. The molecule has 2 aromatic rings. The second kappa shape index (κ2) is 5.03. The fourth-order valence-electron chi connectivity index (χ4n) is 1.65. The molecule has 1 heterocycles. The topological polar surface area (TPSA) is 34.4 Å². The molecule has 3 nitrogen and oxygen atoms in total. The number of rotatable bonds is 5. The highest BCUT2D eigenvalue weighted by atomic mass is 16.5. The fourth-order valence-corrected chi connectivity index (χ4v) is 1.65. The number of ether oxygens (including phenoxy) is 1. The van der Waals surface area contributed by atoms with Crippen molar-refractivity contribution in [2.24, 2.45) is 0 Å². The van der Waals surface area contributed by atoms with Gasteiger partial charge in [0.25, 0.3) is 0 Å². The third kappa shape index (κ3) is 2.36. The molecule has 16 heavy (non-hydrogen) atoms. The number of hydrogen-bond donors (Lipinski definition) is 1. The SMILES string of the molecule is CCCOc1ccc2oc(CNC)cc2c1. The lowest BCUT2D eigenvalue weighted by Crippen LogP contribution is -2.03. The van der Waals surface area contributed by atoms with Gasteiger partial charge in [0.1, 0.15) is 17.1 Å². The van der Waals surface area contributed by atoms with Gasteiger partial charge >= 0.3 is 0 Å². The van der Waals surface area contributed by atoms with E-state index in [1.165, 1.54) is 0 Å². The van der Waals surface area contributed by atoms with E-state index in [1.54, 1.807) is 0 Å². The third-order valence-corrected chi connectivity index (χ3v) is 2.36. The molecule has 0 aliphatic heterocycles. The summed E-state index contributed by atoms with van der Waals surface area (Å²) in [6.45, 7) is 3.61. The summed E-state index contributed by atoms with van der Waals surface area (Å²) >= 11 is 0. The highest BCUT2D eigenvalue weighted by Gasteiger charge is 2.04. The molecule has 0 spiro atoms. The van der Waals surface area contributed by atoms with Crippen molar-refractivity contribution in [1.82, 2.24) is 5.32 Å². The Balaban J connectivity index is 2.23. The predicted octanol–water partition coefficient (Wildman–Crippen LogP) is 2.94. The molecular formula is C13H17NO2. The molecule has 86 valence electrons. The third-order valence-electron chi connectivity index (χ3n) is 2.36. The van der Waals surface area contributed by atoms with E-state index in [0.717, 1.165) is 42.1 Å². The van der Waals surface area contributed by atoms with Gasteiger partial charge in [-0.1, -0.05) is 6.92 Å². The molecule has 1 N–H and O–H groups in total. The standard InChI is InChI=1S/C13H17NO2/c1-3-6-15-11-4-5-13-10(7-11)8-12(16-13)9-14-2/h4-5,7-8,14H,3,6,9H2,1-2H3. The van der Waals surface area contributed by atoms with E-state index >= 15 is 0 Å². The van der Waals surface area contributed by atoms with Crippen LogP contribution in [-0.2, 0) is 6.54 Å². The molecule has 0 saturated heterocycles. The quantitative estimate of drug-likeness (QED) is 0.839. The van der Waals surface area contributed by atoms with Crippen LogP contribution in [0.4, 0.5) is 0 Å². The number of benzene rings is 1. The van der Waals surface area contributed by atoms with Crippen molar-refractivity contribution in [3.05, 3.63) is 30.0 Å². The molecule has 0 radical (unpaired) electrons. The van der Waals surface area contributed by atoms with E-state index in [-0.39, 0.29) is 0 Å². The smallest absolute Gasteiger partial charge is 0.134 e. The summed E-state index contributed by atoms with van der Waals surface area (Å²) in [5.74, 6) is 1.86. The average molecular weight is 219 g/mol. The maximum Gasteiger partial charge on any atom is 0.134 e. The van der Waals surface area contributed by atoms with Gasteiger partial charge in [0.05, 0.1) is 13.2 Å². The highest BCUT2D eigenvalue weighted by Crippen LogP contribution is 2.24. The number of hydrogen-bond acceptors (Lipinski definition) is 3. The van der Waals surface area contributed by atoms with Crippen molar-refractivity contribution >= 4 is 11.0 Å². The van der Waals surface area contributed by atoms with Crippen LogP contribution in [0.5, 0.6) is 5.75 Å². The van der Waals surface area contributed by atoms with Crippen LogP contribution in [0.3, 0.4) is 0 Å². The van der Waals surface area contributed by atoms with Gasteiger partial charge in [-0.25, -0.2) is 0 Å². The van der Waals surface area contributed by atoms with E-state index in [1.807, 2.05) is 31.3 Å². The van der Waals surface area contributed by atoms with Crippen molar-refractivity contribution < 1.29 is 9.15 Å². The molecular weight excluding hydrogens is 202 g/mol. The van der Waals surface area contributed by atoms with E-state index in [4.69, 9.17) is 9.15 Å². The minimum Gasteiger partial charge on any atom is -0.494 e. The molecule has 0 saturated carbocycles. The molecule has 1 aromatic carbocycles. The Labute approximate surface area is 95.4 Å². The molecule has 0 amide bonds. The maximum atomic E-state index is 5.65. The first-order chi connectivity index (χ1) is 7.83. The first kappa shape index (κ1) is 11.0. The normalized spacial score (nSPS) is 10.9. The minimum atomic E-state index is 0.750. The highest BCUT2D eigenvalue weighted by molar-refractivity contribution is 5.79. The molecule has 0 aliphatic carbocycles.